The molecule has 7 nitrogen and oxygen atoms in total. The predicted octanol–water partition coefficient (Wildman–Crippen LogP) is 0.445. The third kappa shape index (κ3) is 4.68. The summed E-state index contributed by atoms with van der Waals surface area (Å²) in [6, 6.07) is 3.02. The number of phenolic OH excluding ortho intramolecular Hbond substituents is 1. The Balaban J connectivity index is 2.77. The van der Waals surface area contributed by atoms with E-state index in [1.807, 2.05) is 22.6 Å². The lowest BCUT2D eigenvalue weighted by molar-refractivity contribution is -0.139. The van der Waals surface area contributed by atoms with Gasteiger partial charge in [-0.1, -0.05) is 0 Å². The molecule has 1 rings (SSSR count). The van der Waals surface area contributed by atoms with E-state index in [0.29, 0.717) is 3.57 Å². The number of halogens is 1. The van der Waals surface area contributed by atoms with E-state index < -0.39 is 23.8 Å². The molecule has 0 bridgehead atoms. The summed E-state index contributed by atoms with van der Waals surface area (Å²) in [6.45, 7) is 0. The minimum Gasteiger partial charge on any atom is -0.507 e. The van der Waals surface area contributed by atoms with Crippen LogP contribution < -0.4 is 11.1 Å². The summed E-state index contributed by atoms with van der Waals surface area (Å²) in [4.78, 5) is 33.5. The van der Waals surface area contributed by atoms with Crippen LogP contribution in [0.1, 0.15) is 23.2 Å². The second-order valence-electron chi connectivity index (χ2n) is 4.04. The maximum Gasteiger partial charge on any atom is 0.326 e. The van der Waals surface area contributed by atoms with Crippen LogP contribution in [0.2, 0.25) is 0 Å². The molecule has 0 saturated heterocycles. The van der Waals surface area contributed by atoms with Crippen molar-refractivity contribution in [2.24, 2.45) is 5.73 Å². The molecule has 2 amide bonds. The van der Waals surface area contributed by atoms with Crippen LogP contribution in [0.15, 0.2) is 18.2 Å². The van der Waals surface area contributed by atoms with Crippen molar-refractivity contribution < 1.29 is 24.6 Å². The molecule has 0 aliphatic carbocycles. The number of aromatic hydroxyl groups is 1. The fraction of sp³-hybridized carbons (Fsp3) is 0.250. The van der Waals surface area contributed by atoms with Gasteiger partial charge in [-0.15, -0.1) is 0 Å². The van der Waals surface area contributed by atoms with Gasteiger partial charge in [-0.3, -0.25) is 9.59 Å². The number of benzene rings is 1. The second-order valence-corrected chi connectivity index (χ2v) is 5.20. The molecule has 0 fully saturated rings. The highest BCUT2D eigenvalue weighted by molar-refractivity contribution is 14.1. The number of nitrogens with two attached hydrogens (primary N) is 1. The Morgan fingerprint density at radius 1 is 1.35 bits per heavy atom. The van der Waals surface area contributed by atoms with Crippen molar-refractivity contribution >= 4 is 40.4 Å². The number of primary amides is 1. The first-order valence-electron chi connectivity index (χ1n) is 5.61. The zero-order valence-corrected chi connectivity index (χ0v) is 12.5. The van der Waals surface area contributed by atoms with Gasteiger partial charge in [0, 0.05) is 12.0 Å². The number of rotatable bonds is 6. The van der Waals surface area contributed by atoms with Crippen molar-refractivity contribution in [3.8, 4) is 5.75 Å². The van der Waals surface area contributed by atoms with Gasteiger partial charge in [0.15, 0.2) is 0 Å². The van der Waals surface area contributed by atoms with E-state index >= 15 is 0 Å². The van der Waals surface area contributed by atoms with E-state index in [1.54, 1.807) is 0 Å². The Bertz CT molecular complexity index is 547. The number of carbonyl (C=O) groups excluding carboxylic acids is 2. The molecule has 0 aliphatic heterocycles. The molecule has 0 saturated carbocycles. The molecular weight excluding hydrogens is 379 g/mol. The Morgan fingerprint density at radius 2 is 2.00 bits per heavy atom. The number of nitrogens with one attached hydrogen (secondary N) is 1. The first-order valence-corrected chi connectivity index (χ1v) is 6.69. The Kier molecular flexibility index (Phi) is 5.74. The summed E-state index contributed by atoms with van der Waals surface area (Å²) < 4.78 is 0.572. The van der Waals surface area contributed by atoms with Gasteiger partial charge in [0.1, 0.15) is 11.8 Å². The number of aliphatic carboxylic acids is 1. The van der Waals surface area contributed by atoms with E-state index in [-0.39, 0.29) is 24.2 Å². The molecule has 108 valence electrons. The molecule has 1 aromatic rings. The van der Waals surface area contributed by atoms with Crippen LogP contribution in [0.4, 0.5) is 0 Å². The Labute approximate surface area is 128 Å². The van der Waals surface area contributed by atoms with Gasteiger partial charge in [0.2, 0.25) is 5.91 Å². The number of amides is 2. The smallest absolute Gasteiger partial charge is 0.326 e. The van der Waals surface area contributed by atoms with Gasteiger partial charge in [-0.05, 0) is 47.2 Å². The zero-order chi connectivity index (χ0) is 15.3. The highest BCUT2D eigenvalue weighted by Gasteiger charge is 2.21. The third-order valence-corrected chi connectivity index (χ3v) is 3.40. The minimum atomic E-state index is -1.26. The summed E-state index contributed by atoms with van der Waals surface area (Å²) >= 11 is 1.89. The maximum absolute atomic E-state index is 11.9. The van der Waals surface area contributed by atoms with Crippen molar-refractivity contribution in [3.63, 3.8) is 0 Å². The lowest BCUT2D eigenvalue weighted by atomic mass is 10.1. The second kappa shape index (κ2) is 7.08. The fourth-order valence-corrected chi connectivity index (χ4v) is 1.77. The standard InChI is InChI=1S/C12H13IN2O5/c13-7-2-1-6(5-9(7)16)11(18)15-8(12(19)20)3-4-10(14)17/h1-2,5,8,16H,3-4H2,(H2,14,17)(H,15,18)(H,19,20)/t8-/m1/s1. The number of carbonyl (C=O) groups is 3. The van der Waals surface area contributed by atoms with Crippen LogP contribution in [0.5, 0.6) is 5.75 Å². The van der Waals surface area contributed by atoms with Crippen molar-refractivity contribution in [1.29, 1.82) is 0 Å². The minimum absolute atomic E-state index is 0.0674. The summed E-state index contributed by atoms with van der Waals surface area (Å²) in [7, 11) is 0. The highest BCUT2D eigenvalue weighted by atomic mass is 127. The van der Waals surface area contributed by atoms with Crippen molar-refractivity contribution in [1.82, 2.24) is 5.32 Å². The lowest BCUT2D eigenvalue weighted by Gasteiger charge is -2.14. The molecule has 0 aliphatic rings. The van der Waals surface area contributed by atoms with E-state index in [9.17, 15) is 19.5 Å². The van der Waals surface area contributed by atoms with Crippen molar-refractivity contribution in [2.75, 3.05) is 0 Å². The molecule has 1 atom stereocenters. The molecule has 0 heterocycles. The molecular formula is C12H13IN2O5. The van der Waals surface area contributed by atoms with Gasteiger partial charge in [0.25, 0.3) is 5.91 Å². The summed E-state index contributed by atoms with van der Waals surface area (Å²) in [5, 5.41) is 20.7. The number of carboxylic acid groups (broad SMARTS) is 1. The van der Waals surface area contributed by atoms with Gasteiger partial charge < -0.3 is 21.3 Å². The van der Waals surface area contributed by atoms with Crippen LogP contribution >= 0.6 is 22.6 Å². The monoisotopic (exact) mass is 392 g/mol. The Hall–Kier alpha value is -1.84. The number of hydrogen-bond donors (Lipinski definition) is 4. The van der Waals surface area contributed by atoms with Crippen LogP contribution in [0.3, 0.4) is 0 Å². The summed E-state index contributed by atoms with van der Waals surface area (Å²) in [5.41, 5.74) is 5.07. The van der Waals surface area contributed by atoms with E-state index in [0.717, 1.165) is 0 Å². The predicted molar refractivity (Wildman–Crippen MR) is 78.1 cm³/mol. The fourth-order valence-electron chi connectivity index (χ4n) is 1.44. The number of carboxylic acids is 1. The van der Waals surface area contributed by atoms with E-state index in [1.165, 1.54) is 18.2 Å². The first kappa shape index (κ1) is 16.2. The lowest BCUT2D eigenvalue weighted by Crippen LogP contribution is -2.41. The largest absolute Gasteiger partial charge is 0.507 e. The molecule has 8 heteroatoms. The highest BCUT2D eigenvalue weighted by Crippen LogP contribution is 2.20. The molecule has 20 heavy (non-hydrogen) atoms. The molecule has 1 aromatic carbocycles. The van der Waals surface area contributed by atoms with Gasteiger partial charge in [-0.2, -0.15) is 0 Å². The van der Waals surface area contributed by atoms with Gasteiger partial charge in [0.05, 0.1) is 3.57 Å². The van der Waals surface area contributed by atoms with E-state index in [4.69, 9.17) is 10.8 Å². The summed E-state index contributed by atoms with van der Waals surface area (Å²) in [6.07, 6.45) is -0.234. The van der Waals surface area contributed by atoms with E-state index in [2.05, 4.69) is 5.32 Å². The number of phenols is 1. The molecule has 0 spiro atoms. The van der Waals surface area contributed by atoms with Crippen molar-refractivity contribution in [2.45, 2.75) is 18.9 Å². The topological polar surface area (TPSA) is 130 Å². The molecule has 0 radical (unpaired) electrons. The third-order valence-electron chi connectivity index (χ3n) is 2.49. The average Bonchev–Trinajstić information content (AvgIpc) is 2.36. The summed E-state index contributed by atoms with van der Waals surface area (Å²) in [5.74, 6) is -2.61. The zero-order valence-electron chi connectivity index (χ0n) is 10.3. The van der Waals surface area contributed by atoms with Gasteiger partial charge in [-0.25, -0.2) is 4.79 Å². The van der Waals surface area contributed by atoms with Crippen molar-refractivity contribution in [3.05, 3.63) is 27.3 Å². The van der Waals surface area contributed by atoms with Crippen LogP contribution in [0.25, 0.3) is 0 Å². The normalized spacial score (nSPS) is 11.7. The molecule has 0 aromatic heterocycles. The average molecular weight is 392 g/mol. The van der Waals surface area contributed by atoms with Crippen LogP contribution in [-0.4, -0.2) is 34.0 Å². The first-order chi connectivity index (χ1) is 9.31. The number of hydrogen-bond acceptors (Lipinski definition) is 4. The maximum atomic E-state index is 11.9. The van der Waals surface area contributed by atoms with Crippen LogP contribution in [0, 0.1) is 3.57 Å². The quantitative estimate of drug-likeness (QED) is 0.523. The SMILES string of the molecule is NC(=O)CC[C@@H](NC(=O)c1ccc(I)c(O)c1)C(=O)O. The molecule has 5 N–H and O–H groups in total. The Morgan fingerprint density at radius 3 is 2.50 bits per heavy atom. The van der Waals surface area contributed by atoms with Gasteiger partial charge >= 0.3 is 5.97 Å². The molecule has 0 unspecified atom stereocenters. The van der Waals surface area contributed by atoms with Crippen LogP contribution in [-0.2, 0) is 9.59 Å².